The lowest BCUT2D eigenvalue weighted by Crippen LogP contribution is -2.30. The highest BCUT2D eigenvalue weighted by Gasteiger charge is 2.37. The molecular formula is C51H42N2O. The van der Waals surface area contributed by atoms with Crippen LogP contribution in [0.25, 0.3) is 66.1 Å². The maximum Gasteiger partial charge on any atom is 0.141 e. The average Bonchev–Trinajstić information content (AvgIpc) is 3.74. The van der Waals surface area contributed by atoms with Crippen molar-refractivity contribution in [2.24, 2.45) is 0 Å². The molecule has 0 bridgehead atoms. The molecule has 0 aliphatic heterocycles. The second kappa shape index (κ2) is 13.7. The van der Waals surface area contributed by atoms with Gasteiger partial charge in [0.15, 0.2) is 0 Å². The van der Waals surface area contributed by atoms with E-state index in [1.165, 1.54) is 21.5 Å². The van der Waals surface area contributed by atoms with E-state index in [-0.39, 0.29) is 14.9 Å². The lowest BCUT2D eigenvalue weighted by atomic mass is 9.77. The van der Waals surface area contributed by atoms with Crippen molar-refractivity contribution in [1.82, 2.24) is 9.13 Å². The van der Waals surface area contributed by atoms with E-state index in [9.17, 15) is 5.11 Å². The molecule has 0 amide bonds. The molecule has 0 spiro atoms. The summed E-state index contributed by atoms with van der Waals surface area (Å²) in [7, 11) is 0. The van der Waals surface area contributed by atoms with Gasteiger partial charge in [-0.1, -0.05) is 167 Å². The number of aromatic nitrogens is 2. The van der Waals surface area contributed by atoms with Crippen molar-refractivity contribution < 1.29 is 5.11 Å². The zero-order valence-electron chi connectivity index (χ0n) is 28.4. The number of rotatable bonds is 6. The lowest BCUT2D eigenvalue weighted by Gasteiger charge is -2.33. The fourth-order valence-corrected chi connectivity index (χ4v) is 8.29. The van der Waals surface area contributed by atoms with E-state index in [1.807, 2.05) is 12.1 Å². The van der Waals surface area contributed by atoms with Crippen molar-refractivity contribution in [1.29, 1.82) is 0 Å². The van der Waals surface area contributed by atoms with Gasteiger partial charge in [0.05, 0.1) is 22.1 Å². The molecule has 0 fully saturated rings. The number of hydrogen-bond acceptors (Lipinski definition) is 1. The van der Waals surface area contributed by atoms with Crippen LogP contribution in [0.4, 0.5) is 0 Å². The highest BCUT2D eigenvalue weighted by molar-refractivity contribution is 6.10. The van der Waals surface area contributed by atoms with Crippen molar-refractivity contribution in [3.63, 3.8) is 0 Å². The van der Waals surface area contributed by atoms with E-state index in [1.54, 1.807) is 0 Å². The molecule has 0 radical (unpaired) electrons. The molecular weight excluding hydrogens is 657 g/mol. The monoisotopic (exact) mass is 698 g/mol. The van der Waals surface area contributed by atoms with Crippen molar-refractivity contribution >= 4 is 43.6 Å². The summed E-state index contributed by atoms with van der Waals surface area (Å²) in [5.74, 6) is 0. The van der Waals surface area contributed by atoms with Crippen LogP contribution < -0.4 is 0 Å². The van der Waals surface area contributed by atoms with Gasteiger partial charge in [-0.05, 0) is 70.8 Å². The van der Waals surface area contributed by atoms with Gasteiger partial charge < -0.3 is 14.2 Å². The summed E-state index contributed by atoms with van der Waals surface area (Å²) in [6.07, 6.45) is 0. The van der Waals surface area contributed by atoms with Crippen molar-refractivity contribution in [2.45, 2.75) is 20.5 Å². The summed E-state index contributed by atoms with van der Waals surface area (Å²) < 4.78 is 4.62. The van der Waals surface area contributed by atoms with E-state index in [0.717, 1.165) is 61.3 Å². The molecule has 0 unspecified atom stereocenters. The molecule has 0 atom stereocenters. The van der Waals surface area contributed by atoms with Gasteiger partial charge in [0.1, 0.15) is 5.60 Å². The topological polar surface area (TPSA) is 30.1 Å². The highest BCUT2D eigenvalue weighted by Crippen LogP contribution is 2.44. The van der Waals surface area contributed by atoms with E-state index in [0.29, 0.717) is 0 Å². The second-order valence-electron chi connectivity index (χ2n) is 13.5. The molecule has 3 heteroatoms. The Balaban J connectivity index is 0.00000207. The Morgan fingerprint density at radius 2 is 0.722 bits per heavy atom. The third-order valence-corrected chi connectivity index (χ3v) is 10.6. The van der Waals surface area contributed by atoms with Crippen LogP contribution in [0.5, 0.6) is 0 Å². The van der Waals surface area contributed by atoms with E-state index >= 15 is 0 Å². The molecule has 0 saturated carbocycles. The number of nitrogens with zero attached hydrogens (tertiary/aromatic N) is 2. The third-order valence-electron chi connectivity index (χ3n) is 10.6. The van der Waals surface area contributed by atoms with Crippen LogP contribution in [-0.4, -0.2) is 14.2 Å². The summed E-state index contributed by atoms with van der Waals surface area (Å²) in [5.41, 5.74) is 9.39. The minimum atomic E-state index is -1.52. The van der Waals surface area contributed by atoms with Gasteiger partial charge in [-0.25, -0.2) is 0 Å². The molecule has 2 heterocycles. The summed E-state index contributed by atoms with van der Waals surface area (Å²) in [4.78, 5) is 0. The van der Waals surface area contributed by atoms with Crippen molar-refractivity contribution in [2.75, 3.05) is 0 Å². The molecule has 10 aromatic rings. The van der Waals surface area contributed by atoms with Gasteiger partial charge in [0, 0.05) is 38.5 Å². The van der Waals surface area contributed by atoms with Gasteiger partial charge in [-0.2, -0.15) is 0 Å². The number of benzene rings is 8. The standard InChI is InChI=1S/C49H34N2O.2CH4/c52-49(44-27-9-4-22-39(44)34-16-2-1-3-17-34,35-18-14-20-37(32-35)50-45-28-10-5-23-40(45)41-24-6-11-29-46(41)50)36-19-15-21-38(33-36)51-47-30-12-7-25-42(47)43-26-8-13-31-48(43)51;;/h1-33,52H;2*1H4. The fraction of sp³-hybridized carbons (Fsp3) is 0.0588. The Bertz CT molecular complexity index is 2670. The summed E-state index contributed by atoms with van der Waals surface area (Å²) in [6, 6.07) is 69.7. The van der Waals surface area contributed by atoms with Gasteiger partial charge >= 0.3 is 0 Å². The number of fused-ring (bicyclic) bond motifs is 6. The lowest BCUT2D eigenvalue weighted by molar-refractivity contribution is 0.126. The number of aliphatic hydroxyl groups is 1. The Morgan fingerprint density at radius 3 is 1.17 bits per heavy atom. The molecule has 0 saturated heterocycles. The Morgan fingerprint density at radius 1 is 0.352 bits per heavy atom. The minimum Gasteiger partial charge on any atom is -0.376 e. The van der Waals surface area contributed by atoms with Crippen LogP contribution in [0.2, 0.25) is 0 Å². The summed E-state index contributed by atoms with van der Waals surface area (Å²) in [5, 5.41) is 18.5. The number of hydrogen-bond donors (Lipinski definition) is 1. The zero-order valence-corrected chi connectivity index (χ0v) is 28.4. The van der Waals surface area contributed by atoms with Gasteiger partial charge in [-0.15, -0.1) is 0 Å². The molecule has 0 aliphatic rings. The molecule has 54 heavy (non-hydrogen) atoms. The predicted molar refractivity (Wildman–Crippen MR) is 229 cm³/mol. The van der Waals surface area contributed by atoms with Gasteiger partial charge in [0.2, 0.25) is 0 Å². The van der Waals surface area contributed by atoms with Gasteiger partial charge in [0.25, 0.3) is 0 Å². The Hall–Kier alpha value is -6.68. The maximum atomic E-state index is 13.7. The number of para-hydroxylation sites is 4. The van der Waals surface area contributed by atoms with Crippen LogP contribution in [-0.2, 0) is 5.60 Å². The van der Waals surface area contributed by atoms with Gasteiger partial charge in [-0.3, -0.25) is 0 Å². The van der Waals surface area contributed by atoms with E-state index in [2.05, 4.69) is 197 Å². The quantitative estimate of drug-likeness (QED) is 0.172. The SMILES string of the molecule is C.C.OC(c1cccc(-n2c3ccccc3c3ccccc32)c1)(c1cccc(-n2c3ccccc3c3ccccc32)c1)c1ccccc1-c1ccccc1. The minimum absolute atomic E-state index is 0. The molecule has 262 valence electrons. The largest absolute Gasteiger partial charge is 0.376 e. The molecule has 2 aromatic heterocycles. The second-order valence-corrected chi connectivity index (χ2v) is 13.5. The Labute approximate surface area is 316 Å². The predicted octanol–water partition coefficient (Wildman–Crippen LogP) is 13.1. The fourth-order valence-electron chi connectivity index (χ4n) is 8.29. The molecule has 3 nitrogen and oxygen atoms in total. The van der Waals surface area contributed by atoms with E-state index in [4.69, 9.17) is 0 Å². The average molecular weight is 699 g/mol. The van der Waals surface area contributed by atoms with Crippen LogP contribution in [0.3, 0.4) is 0 Å². The molecule has 10 rings (SSSR count). The first kappa shape index (κ1) is 34.4. The molecule has 0 aliphatic carbocycles. The zero-order chi connectivity index (χ0) is 34.6. The Kier molecular flexibility index (Phi) is 8.73. The summed E-state index contributed by atoms with van der Waals surface area (Å²) in [6.45, 7) is 0. The first-order valence-corrected chi connectivity index (χ1v) is 17.8. The van der Waals surface area contributed by atoms with Crippen molar-refractivity contribution in [3.05, 3.63) is 217 Å². The van der Waals surface area contributed by atoms with Crippen LogP contribution in [0.1, 0.15) is 31.5 Å². The molecule has 1 N–H and O–H groups in total. The smallest absolute Gasteiger partial charge is 0.141 e. The normalized spacial score (nSPS) is 11.5. The third kappa shape index (κ3) is 5.24. The first-order valence-electron chi connectivity index (χ1n) is 17.8. The summed E-state index contributed by atoms with van der Waals surface area (Å²) >= 11 is 0. The van der Waals surface area contributed by atoms with Crippen LogP contribution in [0, 0.1) is 0 Å². The van der Waals surface area contributed by atoms with Crippen LogP contribution in [0.15, 0.2) is 200 Å². The van der Waals surface area contributed by atoms with Crippen LogP contribution >= 0.6 is 0 Å². The maximum absolute atomic E-state index is 13.7. The first-order chi connectivity index (χ1) is 25.7. The highest BCUT2D eigenvalue weighted by atomic mass is 16.3. The van der Waals surface area contributed by atoms with Crippen molar-refractivity contribution in [3.8, 4) is 22.5 Å². The van der Waals surface area contributed by atoms with E-state index < -0.39 is 5.60 Å². The molecule has 8 aromatic carbocycles.